The maximum absolute atomic E-state index is 3.89. The average Bonchev–Trinajstić information content (AvgIpc) is 2.64. The summed E-state index contributed by atoms with van der Waals surface area (Å²) in [7, 11) is 0. The van der Waals surface area contributed by atoms with Gasteiger partial charge in [-0.25, -0.2) is 0 Å². The third-order valence-electron chi connectivity index (χ3n) is 5.29. The van der Waals surface area contributed by atoms with Gasteiger partial charge in [-0.1, -0.05) is 46.0 Å². The quantitative estimate of drug-likeness (QED) is 0.709. The SMILES string of the molecule is CCC1CCCC(NCC2(C)CCCC2)CC1. The molecule has 0 amide bonds. The highest BCUT2D eigenvalue weighted by molar-refractivity contribution is 4.84. The second-order valence-electron chi connectivity index (χ2n) is 6.88. The molecule has 2 fully saturated rings. The van der Waals surface area contributed by atoms with Gasteiger partial charge in [-0.2, -0.15) is 0 Å². The maximum Gasteiger partial charge on any atom is 0.00673 e. The highest BCUT2D eigenvalue weighted by Crippen LogP contribution is 2.37. The van der Waals surface area contributed by atoms with E-state index in [0.717, 1.165) is 12.0 Å². The van der Waals surface area contributed by atoms with Gasteiger partial charge in [0.1, 0.15) is 0 Å². The number of hydrogen-bond acceptors (Lipinski definition) is 1. The van der Waals surface area contributed by atoms with Gasteiger partial charge in [-0.15, -0.1) is 0 Å². The topological polar surface area (TPSA) is 12.0 Å². The van der Waals surface area contributed by atoms with Gasteiger partial charge < -0.3 is 5.32 Å². The zero-order valence-corrected chi connectivity index (χ0v) is 11.9. The summed E-state index contributed by atoms with van der Waals surface area (Å²) >= 11 is 0. The molecule has 0 spiro atoms. The Hall–Kier alpha value is -0.0400. The zero-order chi connectivity index (χ0) is 12.1. The molecule has 2 atom stereocenters. The van der Waals surface area contributed by atoms with Crippen molar-refractivity contribution in [1.29, 1.82) is 0 Å². The van der Waals surface area contributed by atoms with E-state index < -0.39 is 0 Å². The average molecular weight is 237 g/mol. The standard InChI is InChI=1S/C16H31N/c1-3-14-7-6-8-15(10-9-14)17-13-16(2)11-4-5-12-16/h14-15,17H,3-13H2,1-2H3. The fraction of sp³-hybridized carbons (Fsp3) is 1.00. The molecular weight excluding hydrogens is 206 g/mol. The molecule has 1 heteroatoms. The highest BCUT2D eigenvalue weighted by Gasteiger charge is 2.29. The van der Waals surface area contributed by atoms with Gasteiger partial charge >= 0.3 is 0 Å². The summed E-state index contributed by atoms with van der Waals surface area (Å²) in [6, 6.07) is 0.823. The van der Waals surface area contributed by atoms with Gasteiger partial charge in [-0.3, -0.25) is 0 Å². The van der Waals surface area contributed by atoms with E-state index in [2.05, 4.69) is 19.2 Å². The van der Waals surface area contributed by atoms with Crippen molar-refractivity contribution in [3.05, 3.63) is 0 Å². The Kier molecular flexibility index (Phi) is 4.90. The lowest BCUT2D eigenvalue weighted by atomic mass is 9.88. The van der Waals surface area contributed by atoms with E-state index in [4.69, 9.17) is 0 Å². The van der Waals surface area contributed by atoms with Crippen LogP contribution < -0.4 is 5.32 Å². The van der Waals surface area contributed by atoms with Crippen LogP contribution in [0.1, 0.15) is 78.1 Å². The number of nitrogens with one attached hydrogen (secondary N) is 1. The minimum atomic E-state index is 0.621. The Balaban J connectivity index is 1.71. The first-order valence-electron chi connectivity index (χ1n) is 7.95. The Bertz CT molecular complexity index is 218. The van der Waals surface area contributed by atoms with Crippen molar-refractivity contribution in [3.8, 4) is 0 Å². The fourth-order valence-corrected chi connectivity index (χ4v) is 3.79. The predicted molar refractivity (Wildman–Crippen MR) is 75.2 cm³/mol. The molecule has 0 aromatic carbocycles. The second-order valence-corrected chi connectivity index (χ2v) is 6.88. The van der Waals surface area contributed by atoms with Crippen LogP contribution in [0, 0.1) is 11.3 Å². The normalized spacial score (nSPS) is 33.5. The van der Waals surface area contributed by atoms with Crippen molar-refractivity contribution in [1.82, 2.24) is 5.32 Å². The van der Waals surface area contributed by atoms with E-state index in [1.165, 1.54) is 70.8 Å². The van der Waals surface area contributed by atoms with Crippen LogP contribution in [-0.2, 0) is 0 Å². The van der Waals surface area contributed by atoms with Crippen LogP contribution >= 0.6 is 0 Å². The van der Waals surface area contributed by atoms with Gasteiger partial charge in [0, 0.05) is 12.6 Å². The first kappa shape index (κ1) is 13.4. The lowest BCUT2D eigenvalue weighted by molar-refractivity contribution is 0.287. The molecule has 2 aliphatic carbocycles. The minimum absolute atomic E-state index is 0.621. The van der Waals surface area contributed by atoms with Crippen LogP contribution in [0.5, 0.6) is 0 Å². The van der Waals surface area contributed by atoms with Gasteiger partial charge in [0.05, 0.1) is 0 Å². The van der Waals surface area contributed by atoms with Crippen molar-refractivity contribution < 1.29 is 0 Å². The van der Waals surface area contributed by atoms with Crippen molar-refractivity contribution in [2.45, 2.75) is 84.1 Å². The molecular formula is C16H31N. The largest absolute Gasteiger partial charge is 0.313 e. The first-order valence-corrected chi connectivity index (χ1v) is 7.95. The monoisotopic (exact) mass is 237 g/mol. The van der Waals surface area contributed by atoms with E-state index in [0.29, 0.717) is 5.41 Å². The molecule has 0 aromatic heterocycles. The zero-order valence-electron chi connectivity index (χ0n) is 11.9. The van der Waals surface area contributed by atoms with Crippen molar-refractivity contribution >= 4 is 0 Å². The highest BCUT2D eigenvalue weighted by atomic mass is 14.9. The van der Waals surface area contributed by atoms with Crippen molar-refractivity contribution in [2.24, 2.45) is 11.3 Å². The molecule has 1 N–H and O–H groups in total. The third kappa shape index (κ3) is 3.98. The summed E-state index contributed by atoms with van der Waals surface area (Å²) in [6.07, 6.45) is 14.4. The van der Waals surface area contributed by atoms with E-state index in [9.17, 15) is 0 Å². The summed E-state index contributed by atoms with van der Waals surface area (Å²) in [5.41, 5.74) is 0.621. The molecule has 2 unspecified atom stereocenters. The molecule has 2 saturated carbocycles. The van der Waals surface area contributed by atoms with Crippen molar-refractivity contribution in [2.75, 3.05) is 6.54 Å². The van der Waals surface area contributed by atoms with E-state index >= 15 is 0 Å². The summed E-state index contributed by atoms with van der Waals surface area (Å²) in [5, 5.41) is 3.89. The molecule has 0 aliphatic heterocycles. The maximum atomic E-state index is 3.89. The molecule has 100 valence electrons. The van der Waals surface area contributed by atoms with Crippen LogP contribution in [0.2, 0.25) is 0 Å². The molecule has 0 heterocycles. The third-order valence-corrected chi connectivity index (χ3v) is 5.29. The Labute approximate surface area is 108 Å². The van der Waals surface area contributed by atoms with Crippen LogP contribution in [-0.4, -0.2) is 12.6 Å². The van der Waals surface area contributed by atoms with Gasteiger partial charge in [0.15, 0.2) is 0 Å². The summed E-state index contributed by atoms with van der Waals surface area (Å²) in [6.45, 7) is 6.12. The fourth-order valence-electron chi connectivity index (χ4n) is 3.79. The molecule has 17 heavy (non-hydrogen) atoms. The number of hydrogen-bond donors (Lipinski definition) is 1. The molecule has 0 radical (unpaired) electrons. The summed E-state index contributed by atoms with van der Waals surface area (Å²) in [4.78, 5) is 0. The van der Waals surface area contributed by atoms with Gasteiger partial charge in [0.25, 0.3) is 0 Å². The second kappa shape index (κ2) is 6.22. The molecule has 2 rings (SSSR count). The Morgan fingerprint density at radius 1 is 1.00 bits per heavy atom. The molecule has 2 aliphatic rings. The van der Waals surface area contributed by atoms with E-state index in [1.54, 1.807) is 0 Å². The van der Waals surface area contributed by atoms with Crippen LogP contribution in [0.3, 0.4) is 0 Å². The van der Waals surface area contributed by atoms with Crippen molar-refractivity contribution in [3.63, 3.8) is 0 Å². The van der Waals surface area contributed by atoms with Crippen LogP contribution in [0.4, 0.5) is 0 Å². The van der Waals surface area contributed by atoms with E-state index in [1.807, 2.05) is 0 Å². The Morgan fingerprint density at radius 2 is 1.76 bits per heavy atom. The molecule has 0 bridgehead atoms. The summed E-state index contributed by atoms with van der Waals surface area (Å²) < 4.78 is 0. The smallest absolute Gasteiger partial charge is 0.00673 e. The summed E-state index contributed by atoms with van der Waals surface area (Å²) in [5.74, 6) is 1.02. The number of rotatable bonds is 4. The lowest BCUT2D eigenvalue weighted by Gasteiger charge is -2.27. The predicted octanol–water partition coefficient (Wildman–Crippen LogP) is 4.52. The van der Waals surface area contributed by atoms with Gasteiger partial charge in [0.2, 0.25) is 0 Å². The lowest BCUT2D eigenvalue weighted by Crippen LogP contribution is -2.37. The van der Waals surface area contributed by atoms with Crippen LogP contribution in [0.25, 0.3) is 0 Å². The minimum Gasteiger partial charge on any atom is -0.313 e. The first-order chi connectivity index (χ1) is 8.22. The van der Waals surface area contributed by atoms with Crippen LogP contribution in [0.15, 0.2) is 0 Å². The van der Waals surface area contributed by atoms with Gasteiger partial charge in [-0.05, 0) is 43.4 Å². The Morgan fingerprint density at radius 3 is 2.47 bits per heavy atom. The molecule has 0 aromatic rings. The van der Waals surface area contributed by atoms with E-state index in [-0.39, 0.29) is 0 Å². The molecule has 0 saturated heterocycles. The molecule has 1 nitrogen and oxygen atoms in total.